The maximum atomic E-state index is 12.1. The van der Waals surface area contributed by atoms with Crippen LogP contribution < -0.4 is 10.5 Å². The van der Waals surface area contributed by atoms with Gasteiger partial charge in [0.05, 0.1) is 11.9 Å². The van der Waals surface area contributed by atoms with Gasteiger partial charge < -0.3 is 9.32 Å². The number of benzene rings is 1. The van der Waals surface area contributed by atoms with Crippen LogP contribution in [0.15, 0.2) is 45.7 Å². The lowest BCUT2D eigenvalue weighted by atomic mass is 10.3. The molecule has 0 atom stereocenters. The van der Waals surface area contributed by atoms with E-state index in [1.54, 1.807) is 16.6 Å². The molecule has 0 spiro atoms. The Hall–Kier alpha value is -2.28. The van der Waals surface area contributed by atoms with Crippen molar-refractivity contribution in [1.29, 1.82) is 0 Å². The molecule has 2 aromatic heterocycles. The van der Waals surface area contributed by atoms with E-state index in [-0.39, 0.29) is 11.6 Å². The largest absolute Gasteiger partial charge is 0.406 e. The fourth-order valence-electron chi connectivity index (χ4n) is 2.00. The molecule has 0 bridgehead atoms. The first-order chi connectivity index (χ1) is 10.2. The summed E-state index contributed by atoms with van der Waals surface area (Å²) < 4.78 is 7.36. The van der Waals surface area contributed by atoms with Crippen molar-refractivity contribution >= 4 is 29.7 Å². The molecule has 0 fully saturated rings. The fraction of sp³-hybridized carbons (Fsp3) is 0.214. The lowest BCUT2D eigenvalue weighted by Gasteiger charge is -2.14. The van der Waals surface area contributed by atoms with Crippen LogP contribution in [0.3, 0.4) is 0 Å². The predicted octanol–water partition coefficient (Wildman–Crippen LogP) is 1.74. The second kappa shape index (κ2) is 5.61. The van der Waals surface area contributed by atoms with Crippen LogP contribution in [0.5, 0.6) is 0 Å². The first kappa shape index (κ1) is 13.7. The van der Waals surface area contributed by atoms with Gasteiger partial charge in [0, 0.05) is 19.3 Å². The third kappa shape index (κ3) is 2.52. The normalized spacial score (nSPS) is 11.0. The average Bonchev–Trinajstić information content (AvgIpc) is 2.93. The Labute approximate surface area is 126 Å². The molecule has 0 amide bonds. The zero-order chi connectivity index (χ0) is 14.8. The summed E-state index contributed by atoms with van der Waals surface area (Å²) in [5.41, 5.74) is 0.867. The summed E-state index contributed by atoms with van der Waals surface area (Å²) in [5, 5.41) is 4.58. The van der Waals surface area contributed by atoms with Crippen molar-refractivity contribution in [1.82, 2.24) is 14.8 Å². The van der Waals surface area contributed by atoms with Crippen molar-refractivity contribution in [3.05, 3.63) is 46.9 Å². The third-order valence-corrected chi connectivity index (χ3v) is 3.30. The van der Waals surface area contributed by atoms with Crippen LogP contribution in [0.1, 0.15) is 0 Å². The van der Waals surface area contributed by atoms with Gasteiger partial charge in [0.15, 0.2) is 0 Å². The van der Waals surface area contributed by atoms with Crippen LogP contribution in [0.25, 0.3) is 16.8 Å². The van der Waals surface area contributed by atoms with Crippen LogP contribution in [-0.4, -0.2) is 34.1 Å². The molecule has 1 aromatic carbocycles. The Morgan fingerprint density at radius 2 is 2.10 bits per heavy atom. The lowest BCUT2D eigenvalue weighted by molar-refractivity contribution is 0.542. The number of fused-ring (bicyclic) bond motifs is 1. The number of thiol groups is 1. The number of rotatable bonds is 4. The van der Waals surface area contributed by atoms with E-state index in [0.717, 1.165) is 5.69 Å². The van der Waals surface area contributed by atoms with Gasteiger partial charge in [0.2, 0.25) is 5.71 Å². The maximum Gasteiger partial charge on any atom is 0.302 e. The molecule has 21 heavy (non-hydrogen) atoms. The Kier molecular flexibility index (Phi) is 3.66. The predicted molar refractivity (Wildman–Crippen MR) is 84.5 cm³/mol. The molecular formula is C14H14N4O2S. The summed E-state index contributed by atoms with van der Waals surface area (Å²) in [5.74, 6) is 0.637. The van der Waals surface area contributed by atoms with Crippen molar-refractivity contribution in [3.63, 3.8) is 0 Å². The van der Waals surface area contributed by atoms with Gasteiger partial charge in [0.1, 0.15) is 5.39 Å². The number of nitrogens with zero attached hydrogens (tertiary/aromatic N) is 4. The highest BCUT2D eigenvalue weighted by Gasteiger charge is 2.15. The molecule has 0 N–H and O–H groups in total. The molecule has 0 radical (unpaired) electrons. The number of aromatic nitrogens is 3. The van der Waals surface area contributed by atoms with Crippen LogP contribution >= 0.6 is 12.6 Å². The second-order valence-electron chi connectivity index (χ2n) is 4.56. The van der Waals surface area contributed by atoms with Crippen molar-refractivity contribution in [2.24, 2.45) is 0 Å². The molecule has 0 aliphatic carbocycles. The zero-order valence-electron chi connectivity index (χ0n) is 11.4. The number of para-hydroxylation sites is 1. The average molecular weight is 302 g/mol. The van der Waals surface area contributed by atoms with Crippen LogP contribution in [0, 0.1) is 0 Å². The van der Waals surface area contributed by atoms with Crippen LogP contribution in [0.4, 0.5) is 6.01 Å². The molecule has 6 nitrogen and oxygen atoms in total. The third-order valence-electron chi connectivity index (χ3n) is 3.10. The molecule has 0 saturated heterocycles. The molecular weight excluding hydrogens is 288 g/mol. The molecule has 108 valence electrons. The van der Waals surface area contributed by atoms with Crippen LogP contribution in [-0.2, 0) is 0 Å². The summed E-state index contributed by atoms with van der Waals surface area (Å²) in [4.78, 5) is 17.8. The van der Waals surface area contributed by atoms with E-state index in [0.29, 0.717) is 23.4 Å². The topological polar surface area (TPSA) is 64.2 Å². The summed E-state index contributed by atoms with van der Waals surface area (Å²) in [6.07, 6.45) is 1.48. The van der Waals surface area contributed by atoms with Gasteiger partial charge >= 0.3 is 6.01 Å². The number of hydrogen-bond donors (Lipinski definition) is 1. The summed E-state index contributed by atoms with van der Waals surface area (Å²) >= 11 is 4.17. The summed E-state index contributed by atoms with van der Waals surface area (Å²) in [6.45, 7) is 0.629. The first-order valence-corrected chi connectivity index (χ1v) is 7.10. The van der Waals surface area contributed by atoms with Gasteiger partial charge in [-0.1, -0.05) is 18.2 Å². The highest BCUT2D eigenvalue weighted by Crippen LogP contribution is 2.19. The van der Waals surface area contributed by atoms with Gasteiger partial charge in [-0.25, -0.2) is 0 Å². The van der Waals surface area contributed by atoms with Crippen LogP contribution in [0.2, 0.25) is 0 Å². The molecule has 0 aliphatic rings. The van der Waals surface area contributed by atoms with Crippen molar-refractivity contribution < 1.29 is 4.42 Å². The molecule has 0 aliphatic heterocycles. The van der Waals surface area contributed by atoms with E-state index >= 15 is 0 Å². The molecule has 3 aromatic rings. The molecule has 2 heterocycles. The zero-order valence-corrected chi connectivity index (χ0v) is 12.3. The highest BCUT2D eigenvalue weighted by molar-refractivity contribution is 7.80. The maximum absolute atomic E-state index is 12.1. The smallest absolute Gasteiger partial charge is 0.302 e. The van der Waals surface area contributed by atoms with Crippen molar-refractivity contribution in [2.45, 2.75) is 0 Å². The standard InChI is InChI=1S/C14H14N4O2S/c1-17(7-8-21)14-16-12(19)11-9-15-18(13(11)20-14)10-5-3-2-4-6-10/h2-6,9,21H,7-8H2,1H3. The van der Waals surface area contributed by atoms with E-state index in [1.165, 1.54) is 6.20 Å². The Morgan fingerprint density at radius 3 is 2.81 bits per heavy atom. The van der Waals surface area contributed by atoms with Gasteiger partial charge in [-0.2, -0.15) is 27.4 Å². The molecule has 3 rings (SSSR count). The first-order valence-electron chi connectivity index (χ1n) is 6.47. The van der Waals surface area contributed by atoms with Gasteiger partial charge in [-0.15, -0.1) is 0 Å². The minimum Gasteiger partial charge on any atom is -0.406 e. The number of hydrogen-bond acceptors (Lipinski definition) is 6. The SMILES string of the molecule is CN(CCS)c1nc(=O)c2cnn(-c3ccccc3)c2o1. The monoisotopic (exact) mass is 302 g/mol. The minimum absolute atomic E-state index is 0.263. The Bertz CT molecular complexity index is 813. The van der Waals surface area contributed by atoms with E-state index in [2.05, 4.69) is 22.7 Å². The van der Waals surface area contributed by atoms with Gasteiger partial charge in [0.25, 0.3) is 5.56 Å². The van der Waals surface area contributed by atoms with E-state index < -0.39 is 0 Å². The quantitative estimate of drug-likeness (QED) is 0.744. The van der Waals surface area contributed by atoms with Crippen molar-refractivity contribution in [3.8, 4) is 5.69 Å². The van der Waals surface area contributed by atoms with E-state index in [4.69, 9.17) is 4.42 Å². The van der Waals surface area contributed by atoms with E-state index in [1.807, 2.05) is 30.3 Å². The van der Waals surface area contributed by atoms with E-state index in [9.17, 15) is 4.79 Å². The molecule has 7 heteroatoms. The lowest BCUT2D eigenvalue weighted by Crippen LogP contribution is -2.23. The molecule has 0 saturated carbocycles. The fourth-order valence-corrected chi connectivity index (χ4v) is 2.30. The summed E-state index contributed by atoms with van der Waals surface area (Å²) in [6, 6.07) is 9.76. The Morgan fingerprint density at radius 1 is 1.33 bits per heavy atom. The van der Waals surface area contributed by atoms with Crippen molar-refractivity contribution in [2.75, 3.05) is 24.2 Å². The summed E-state index contributed by atoms with van der Waals surface area (Å²) in [7, 11) is 1.80. The van der Waals surface area contributed by atoms with Gasteiger partial charge in [-0.05, 0) is 12.1 Å². The molecule has 0 unspecified atom stereocenters. The highest BCUT2D eigenvalue weighted by atomic mass is 32.1. The minimum atomic E-state index is -0.348. The van der Waals surface area contributed by atoms with Gasteiger partial charge in [-0.3, -0.25) is 4.79 Å². The second-order valence-corrected chi connectivity index (χ2v) is 5.00. The Balaban J connectivity index is 2.18. The number of anilines is 1.